The van der Waals surface area contributed by atoms with Gasteiger partial charge >= 0.3 is 0 Å². The number of hydrazine groups is 1. The summed E-state index contributed by atoms with van der Waals surface area (Å²) in [7, 11) is 4.55. The number of aromatic hydroxyl groups is 1. The summed E-state index contributed by atoms with van der Waals surface area (Å²) in [5.41, 5.74) is -0.758. The first-order valence-corrected chi connectivity index (χ1v) is 11.4. The van der Waals surface area contributed by atoms with E-state index in [9.17, 15) is 39.6 Å². The third-order valence-electron chi connectivity index (χ3n) is 6.85. The predicted octanol–water partition coefficient (Wildman–Crippen LogP) is -0.311. The molecule has 0 radical (unpaired) electrons. The smallest absolute Gasteiger partial charge is 0.272 e. The molecule has 1 aromatic carbocycles. The summed E-state index contributed by atoms with van der Waals surface area (Å²) < 4.78 is 0. The molecule has 36 heavy (non-hydrogen) atoms. The first kappa shape index (κ1) is 25.4. The standard InChI is InChI=1S/C24H28N4O8/c1-25-9-15(30)26-13-5-4-10-6-11-7-12-8-14(29)18(23(35)27-28(2)3)22(34)24(12,36)21(33)17(11)20(32)16(10)19(13)31/h4-5,11-12,25,31-32,34,36H,6-9H2,1-3H3,(H,26,30)(H,27,35). The fourth-order valence-electron chi connectivity index (χ4n) is 5.29. The second-order valence-electron chi connectivity index (χ2n) is 9.45. The topological polar surface area (TPSA) is 189 Å². The highest BCUT2D eigenvalue weighted by molar-refractivity contribution is 6.23. The Bertz CT molecular complexity index is 1250. The normalized spacial score (nSPS) is 25.4. The second kappa shape index (κ2) is 9.04. The predicted molar refractivity (Wildman–Crippen MR) is 127 cm³/mol. The number of carbonyl (C=O) groups is 4. The van der Waals surface area contributed by atoms with Gasteiger partial charge in [-0.2, -0.15) is 0 Å². The molecule has 0 heterocycles. The maximum atomic E-state index is 13.6. The SMILES string of the molecule is CNCC(=O)Nc1ccc2c(c1O)C(O)=C1C(=O)C3(O)C(O)=C(C(=O)NN(C)C)C(=O)CC3CC1C2. The molecule has 3 unspecified atom stereocenters. The van der Waals surface area contributed by atoms with Crippen LogP contribution in [0.4, 0.5) is 5.69 Å². The number of aliphatic hydroxyl groups excluding tert-OH is 2. The monoisotopic (exact) mass is 500 g/mol. The highest BCUT2D eigenvalue weighted by Gasteiger charge is 2.60. The number of phenolic OH excluding ortho intramolecular Hbond substituents is 1. The lowest BCUT2D eigenvalue weighted by molar-refractivity contribution is -0.148. The zero-order valence-corrected chi connectivity index (χ0v) is 20.0. The van der Waals surface area contributed by atoms with Crippen LogP contribution >= 0.6 is 0 Å². The molecule has 1 saturated carbocycles. The molecule has 2 amide bonds. The Hall–Kier alpha value is -3.74. The second-order valence-corrected chi connectivity index (χ2v) is 9.45. The van der Waals surface area contributed by atoms with E-state index in [4.69, 9.17) is 0 Å². The van der Waals surface area contributed by atoms with Crippen LogP contribution < -0.4 is 16.1 Å². The minimum absolute atomic E-state index is 0.0212. The molecule has 3 aliphatic carbocycles. The average Bonchev–Trinajstić information content (AvgIpc) is 2.77. The Morgan fingerprint density at radius 2 is 1.83 bits per heavy atom. The third kappa shape index (κ3) is 3.83. The summed E-state index contributed by atoms with van der Waals surface area (Å²) in [6, 6.07) is 3.09. The van der Waals surface area contributed by atoms with Crippen LogP contribution in [-0.4, -0.2) is 82.1 Å². The van der Waals surface area contributed by atoms with Crippen molar-refractivity contribution in [3.05, 3.63) is 40.2 Å². The number of amides is 2. The molecule has 4 rings (SSSR count). The zero-order valence-electron chi connectivity index (χ0n) is 20.0. The Kier molecular flexibility index (Phi) is 6.37. The van der Waals surface area contributed by atoms with Crippen molar-refractivity contribution in [2.75, 3.05) is 33.0 Å². The van der Waals surface area contributed by atoms with E-state index >= 15 is 0 Å². The molecular weight excluding hydrogens is 472 g/mol. The third-order valence-corrected chi connectivity index (χ3v) is 6.85. The molecule has 12 heteroatoms. The molecule has 3 aliphatic rings. The van der Waals surface area contributed by atoms with Gasteiger partial charge in [0.2, 0.25) is 11.7 Å². The van der Waals surface area contributed by atoms with Crippen LogP contribution in [0.25, 0.3) is 5.76 Å². The number of rotatable bonds is 5. The Morgan fingerprint density at radius 1 is 1.14 bits per heavy atom. The van der Waals surface area contributed by atoms with Gasteiger partial charge in [-0.15, -0.1) is 0 Å². The van der Waals surface area contributed by atoms with Gasteiger partial charge in [-0.3, -0.25) is 24.6 Å². The number of likely N-dealkylation sites (N-methyl/N-ethyl adjacent to an activating group) is 1. The van der Waals surface area contributed by atoms with Gasteiger partial charge in [-0.25, -0.2) is 5.01 Å². The van der Waals surface area contributed by atoms with Crippen LogP contribution in [0.2, 0.25) is 0 Å². The van der Waals surface area contributed by atoms with Gasteiger partial charge in [-0.1, -0.05) is 6.07 Å². The van der Waals surface area contributed by atoms with Crippen LogP contribution in [0.5, 0.6) is 5.75 Å². The summed E-state index contributed by atoms with van der Waals surface area (Å²) in [5, 5.41) is 50.7. The van der Waals surface area contributed by atoms with Crippen molar-refractivity contribution in [1.29, 1.82) is 0 Å². The number of benzene rings is 1. The number of anilines is 1. The Balaban J connectivity index is 1.80. The van der Waals surface area contributed by atoms with Crippen molar-refractivity contribution in [2.45, 2.75) is 24.9 Å². The van der Waals surface area contributed by atoms with E-state index in [0.29, 0.717) is 5.56 Å². The molecule has 1 fully saturated rings. The lowest BCUT2D eigenvalue weighted by atomic mass is 9.59. The molecule has 0 aromatic heterocycles. The molecule has 0 bridgehead atoms. The number of nitrogens with one attached hydrogen (secondary N) is 3. The number of Topliss-reactive ketones (excluding diaryl/α,β-unsaturated/α-hetero) is 2. The number of fused-ring (bicyclic) bond motifs is 3. The molecule has 7 N–H and O–H groups in total. The van der Waals surface area contributed by atoms with Crippen molar-refractivity contribution in [3.63, 3.8) is 0 Å². The summed E-state index contributed by atoms with van der Waals surface area (Å²) in [6.45, 7) is -0.0212. The van der Waals surface area contributed by atoms with E-state index in [1.807, 2.05) is 0 Å². The number of ketones is 2. The molecule has 0 aliphatic heterocycles. The van der Waals surface area contributed by atoms with Gasteiger partial charge in [-0.05, 0) is 37.4 Å². The maximum Gasteiger partial charge on any atom is 0.272 e. The Morgan fingerprint density at radius 3 is 2.47 bits per heavy atom. The number of carbonyl (C=O) groups excluding carboxylic acids is 4. The number of hydrogen-bond donors (Lipinski definition) is 7. The minimum atomic E-state index is -2.60. The van der Waals surface area contributed by atoms with Crippen LogP contribution in [0.3, 0.4) is 0 Å². The van der Waals surface area contributed by atoms with Gasteiger partial charge in [0.1, 0.15) is 22.8 Å². The zero-order chi connectivity index (χ0) is 26.5. The van der Waals surface area contributed by atoms with E-state index in [-0.39, 0.29) is 42.6 Å². The Labute approximate surface area is 206 Å². The lowest BCUT2D eigenvalue weighted by Crippen LogP contribution is -2.58. The van der Waals surface area contributed by atoms with E-state index < -0.39 is 63.7 Å². The highest BCUT2D eigenvalue weighted by Crippen LogP contribution is 2.52. The summed E-state index contributed by atoms with van der Waals surface area (Å²) in [5.74, 6) is -6.88. The molecule has 1 aromatic rings. The molecule has 0 saturated heterocycles. The van der Waals surface area contributed by atoms with Crippen molar-refractivity contribution in [3.8, 4) is 5.75 Å². The van der Waals surface area contributed by atoms with Gasteiger partial charge in [0, 0.05) is 32.0 Å². The fourth-order valence-corrected chi connectivity index (χ4v) is 5.29. The number of aliphatic hydroxyl groups is 3. The van der Waals surface area contributed by atoms with Crippen LogP contribution in [-0.2, 0) is 25.6 Å². The minimum Gasteiger partial charge on any atom is -0.508 e. The first-order valence-electron chi connectivity index (χ1n) is 11.4. The van der Waals surface area contributed by atoms with Crippen LogP contribution in [0, 0.1) is 11.8 Å². The molecule has 0 spiro atoms. The summed E-state index contributed by atoms with van der Waals surface area (Å²) in [6.07, 6.45) is -0.0690. The van der Waals surface area contributed by atoms with Gasteiger partial charge in [0.25, 0.3) is 5.91 Å². The lowest BCUT2D eigenvalue weighted by Gasteiger charge is -2.46. The number of phenols is 1. The van der Waals surface area contributed by atoms with Crippen molar-refractivity contribution in [2.24, 2.45) is 11.8 Å². The fraction of sp³-hybridized carbons (Fsp3) is 0.417. The molecule has 12 nitrogen and oxygen atoms in total. The summed E-state index contributed by atoms with van der Waals surface area (Å²) in [4.78, 5) is 50.8. The summed E-state index contributed by atoms with van der Waals surface area (Å²) >= 11 is 0. The highest BCUT2D eigenvalue weighted by atomic mass is 16.3. The quantitative estimate of drug-likeness (QED) is 0.160. The van der Waals surface area contributed by atoms with E-state index in [0.717, 1.165) is 0 Å². The molecule has 192 valence electrons. The van der Waals surface area contributed by atoms with Crippen molar-refractivity contribution in [1.82, 2.24) is 15.8 Å². The largest absolute Gasteiger partial charge is 0.508 e. The van der Waals surface area contributed by atoms with Gasteiger partial charge in [0.15, 0.2) is 11.4 Å². The first-order chi connectivity index (χ1) is 16.9. The van der Waals surface area contributed by atoms with Crippen molar-refractivity contribution < 1.29 is 39.6 Å². The van der Waals surface area contributed by atoms with Gasteiger partial charge < -0.3 is 31.1 Å². The van der Waals surface area contributed by atoms with Crippen LogP contribution in [0.1, 0.15) is 24.0 Å². The van der Waals surface area contributed by atoms with Crippen molar-refractivity contribution >= 4 is 34.8 Å². The van der Waals surface area contributed by atoms with E-state index in [2.05, 4.69) is 16.1 Å². The molecule has 3 atom stereocenters. The molecular formula is C24H28N4O8. The number of nitrogens with zero attached hydrogens (tertiary/aromatic N) is 1. The van der Waals surface area contributed by atoms with Gasteiger partial charge in [0.05, 0.1) is 17.8 Å². The number of hydrogen-bond acceptors (Lipinski definition) is 10. The van der Waals surface area contributed by atoms with Crippen LogP contribution in [0.15, 0.2) is 29.0 Å². The van der Waals surface area contributed by atoms with E-state index in [1.54, 1.807) is 13.1 Å². The average molecular weight is 501 g/mol. The van der Waals surface area contributed by atoms with E-state index in [1.165, 1.54) is 25.2 Å². The maximum absolute atomic E-state index is 13.6.